The number of carbonyl (C=O) groups excluding carboxylic acids is 1. The lowest BCUT2D eigenvalue weighted by atomic mass is 10.1. The SMILES string of the molecule is CCC[C@@H](NC(=O)CCn1ccccc1=O)C(=O)O. The quantitative estimate of drug-likeness (QED) is 0.756. The number of hydrogen-bond donors (Lipinski definition) is 2. The first-order chi connectivity index (χ1) is 9.04. The van der Waals surface area contributed by atoms with Crippen molar-refractivity contribution in [2.45, 2.75) is 38.8 Å². The minimum absolute atomic E-state index is 0.0808. The Morgan fingerprint density at radius 1 is 1.42 bits per heavy atom. The summed E-state index contributed by atoms with van der Waals surface area (Å²) in [5, 5.41) is 11.4. The van der Waals surface area contributed by atoms with Crippen molar-refractivity contribution in [2.24, 2.45) is 0 Å². The van der Waals surface area contributed by atoms with Gasteiger partial charge in [0.25, 0.3) is 5.56 Å². The van der Waals surface area contributed by atoms with Gasteiger partial charge in [-0.15, -0.1) is 0 Å². The third-order valence-corrected chi connectivity index (χ3v) is 2.69. The van der Waals surface area contributed by atoms with E-state index < -0.39 is 12.0 Å². The van der Waals surface area contributed by atoms with Gasteiger partial charge in [0.2, 0.25) is 5.91 Å². The molecule has 0 aromatic carbocycles. The molecular formula is C13H18N2O4. The highest BCUT2D eigenvalue weighted by Gasteiger charge is 2.18. The van der Waals surface area contributed by atoms with E-state index in [1.807, 2.05) is 6.92 Å². The van der Waals surface area contributed by atoms with Crippen molar-refractivity contribution in [3.63, 3.8) is 0 Å². The molecule has 1 aromatic rings. The second-order valence-corrected chi connectivity index (χ2v) is 4.23. The van der Waals surface area contributed by atoms with Crippen LogP contribution in [0.2, 0.25) is 0 Å². The third-order valence-electron chi connectivity index (χ3n) is 2.69. The van der Waals surface area contributed by atoms with Gasteiger partial charge in [-0.1, -0.05) is 19.4 Å². The number of hydrogen-bond acceptors (Lipinski definition) is 3. The molecule has 0 aliphatic carbocycles. The smallest absolute Gasteiger partial charge is 0.326 e. The summed E-state index contributed by atoms with van der Waals surface area (Å²) in [7, 11) is 0. The van der Waals surface area contributed by atoms with Crippen LogP contribution < -0.4 is 10.9 Å². The van der Waals surface area contributed by atoms with Gasteiger partial charge < -0.3 is 15.0 Å². The highest BCUT2D eigenvalue weighted by molar-refractivity contribution is 5.83. The molecule has 2 N–H and O–H groups in total. The van der Waals surface area contributed by atoms with Crippen LogP contribution >= 0.6 is 0 Å². The highest BCUT2D eigenvalue weighted by atomic mass is 16.4. The van der Waals surface area contributed by atoms with Crippen LogP contribution in [0.5, 0.6) is 0 Å². The van der Waals surface area contributed by atoms with Gasteiger partial charge in [0.1, 0.15) is 6.04 Å². The van der Waals surface area contributed by atoms with Gasteiger partial charge in [-0.3, -0.25) is 9.59 Å². The zero-order chi connectivity index (χ0) is 14.3. The van der Waals surface area contributed by atoms with Crippen LogP contribution in [0.4, 0.5) is 0 Å². The van der Waals surface area contributed by atoms with E-state index in [1.54, 1.807) is 18.3 Å². The summed E-state index contributed by atoms with van der Waals surface area (Å²) < 4.78 is 1.41. The molecule has 6 nitrogen and oxygen atoms in total. The average Bonchev–Trinajstić information content (AvgIpc) is 2.37. The van der Waals surface area contributed by atoms with Gasteiger partial charge in [-0.2, -0.15) is 0 Å². The van der Waals surface area contributed by atoms with Crippen LogP contribution in [0.3, 0.4) is 0 Å². The number of aliphatic carboxylic acids is 1. The first kappa shape index (κ1) is 14.9. The van der Waals surface area contributed by atoms with Crippen molar-refractivity contribution in [2.75, 3.05) is 0 Å². The number of carbonyl (C=O) groups is 2. The minimum Gasteiger partial charge on any atom is -0.480 e. The van der Waals surface area contributed by atoms with E-state index in [-0.39, 0.29) is 24.4 Å². The number of aryl methyl sites for hydroxylation is 1. The second-order valence-electron chi connectivity index (χ2n) is 4.23. The Morgan fingerprint density at radius 3 is 2.74 bits per heavy atom. The predicted molar refractivity (Wildman–Crippen MR) is 69.8 cm³/mol. The highest BCUT2D eigenvalue weighted by Crippen LogP contribution is 1.98. The Kier molecular flexibility index (Phi) is 5.78. The Hall–Kier alpha value is -2.11. The van der Waals surface area contributed by atoms with Crippen LogP contribution in [0.25, 0.3) is 0 Å². The van der Waals surface area contributed by atoms with Crippen molar-refractivity contribution in [3.8, 4) is 0 Å². The summed E-state index contributed by atoms with van der Waals surface area (Å²) in [5.74, 6) is -1.40. The first-order valence-corrected chi connectivity index (χ1v) is 6.22. The summed E-state index contributed by atoms with van der Waals surface area (Å²) in [4.78, 5) is 33.9. The van der Waals surface area contributed by atoms with E-state index >= 15 is 0 Å². The standard InChI is InChI=1S/C13H18N2O4/c1-2-5-10(13(18)19)14-11(16)7-9-15-8-4-3-6-12(15)17/h3-4,6,8,10H,2,5,7,9H2,1H3,(H,14,16)(H,18,19)/t10-/m1/s1. The zero-order valence-electron chi connectivity index (χ0n) is 10.8. The van der Waals surface area contributed by atoms with Gasteiger partial charge >= 0.3 is 5.97 Å². The van der Waals surface area contributed by atoms with Crippen molar-refractivity contribution in [1.82, 2.24) is 9.88 Å². The summed E-state index contributed by atoms with van der Waals surface area (Å²) in [5.41, 5.74) is -0.182. The van der Waals surface area contributed by atoms with Gasteiger partial charge in [0.05, 0.1) is 0 Å². The molecule has 0 saturated heterocycles. The fraction of sp³-hybridized carbons (Fsp3) is 0.462. The normalized spacial score (nSPS) is 11.8. The molecule has 0 spiro atoms. The Morgan fingerprint density at radius 2 is 2.16 bits per heavy atom. The molecule has 19 heavy (non-hydrogen) atoms. The fourth-order valence-electron chi connectivity index (χ4n) is 1.68. The number of aromatic nitrogens is 1. The first-order valence-electron chi connectivity index (χ1n) is 6.22. The lowest BCUT2D eigenvalue weighted by molar-refractivity contribution is -0.142. The van der Waals surface area contributed by atoms with Crippen LogP contribution in [0, 0.1) is 0 Å². The van der Waals surface area contributed by atoms with Crippen LogP contribution in [0.15, 0.2) is 29.2 Å². The molecule has 1 rings (SSSR count). The maximum absolute atomic E-state index is 11.6. The fourth-order valence-corrected chi connectivity index (χ4v) is 1.68. The van der Waals surface area contributed by atoms with Crippen molar-refractivity contribution >= 4 is 11.9 Å². The van der Waals surface area contributed by atoms with E-state index in [4.69, 9.17) is 5.11 Å². The summed E-state index contributed by atoms with van der Waals surface area (Å²) in [6.07, 6.45) is 2.75. The third kappa shape index (κ3) is 4.95. The lowest BCUT2D eigenvalue weighted by Gasteiger charge is -2.13. The maximum atomic E-state index is 11.6. The number of carboxylic acids is 1. The minimum atomic E-state index is -1.04. The lowest BCUT2D eigenvalue weighted by Crippen LogP contribution is -2.41. The molecule has 0 bridgehead atoms. The largest absolute Gasteiger partial charge is 0.480 e. The van der Waals surface area contributed by atoms with Gasteiger partial charge in [0.15, 0.2) is 0 Å². The number of nitrogens with one attached hydrogen (secondary N) is 1. The van der Waals surface area contributed by atoms with Crippen LogP contribution in [-0.4, -0.2) is 27.6 Å². The van der Waals surface area contributed by atoms with E-state index in [0.29, 0.717) is 12.8 Å². The second kappa shape index (κ2) is 7.35. The van der Waals surface area contributed by atoms with Crippen LogP contribution in [0.1, 0.15) is 26.2 Å². The van der Waals surface area contributed by atoms with E-state index in [0.717, 1.165) is 0 Å². The molecule has 0 saturated carbocycles. The summed E-state index contributed by atoms with van der Waals surface area (Å²) in [6, 6.07) is 3.89. The summed E-state index contributed by atoms with van der Waals surface area (Å²) >= 11 is 0. The van der Waals surface area contributed by atoms with Gasteiger partial charge in [0, 0.05) is 25.2 Å². The van der Waals surface area contributed by atoms with Crippen LogP contribution in [-0.2, 0) is 16.1 Å². The van der Waals surface area contributed by atoms with E-state index in [1.165, 1.54) is 10.6 Å². The number of pyridine rings is 1. The Bertz CT molecular complexity index is 495. The molecule has 0 radical (unpaired) electrons. The molecule has 104 valence electrons. The Balaban J connectivity index is 2.49. The molecule has 1 heterocycles. The zero-order valence-corrected chi connectivity index (χ0v) is 10.8. The van der Waals surface area contributed by atoms with Crippen molar-refractivity contribution < 1.29 is 14.7 Å². The van der Waals surface area contributed by atoms with E-state index in [9.17, 15) is 14.4 Å². The topological polar surface area (TPSA) is 88.4 Å². The predicted octanol–water partition coefficient (Wildman–Crippen LogP) is 0.608. The molecule has 1 amide bonds. The molecule has 0 fully saturated rings. The molecule has 1 atom stereocenters. The monoisotopic (exact) mass is 266 g/mol. The maximum Gasteiger partial charge on any atom is 0.326 e. The van der Waals surface area contributed by atoms with Crippen molar-refractivity contribution in [3.05, 3.63) is 34.7 Å². The Labute approximate surface area is 111 Å². The molecule has 0 aliphatic rings. The molecule has 0 unspecified atom stereocenters. The van der Waals surface area contributed by atoms with Crippen molar-refractivity contribution in [1.29, 1.82) is 0 Å². The summed E-state index contributed by atoms with van der Waals surface area (Å²) in [6.45, 7) is 2.09. The molecule has 0 aliphatic heterocycles. The number of carboxylic acid groups (broad SMARTS) is 1. The van der Waals surface area contributed by atoms with Gasteiger partial charge in [-0.25, -0.2) is 4.79 Å². The average molecular weight is 266 g/mol. The number of rotatable bonds is 7. The number of amides is 1. The van der Waals surface area contributed by atoms with Gasteiger partial charge in [-0.05, 0) is 12.5 Å². The number of nitrogens with zero attached hydrogens (tertiary/aromatic N) is 1. The molecule has 1 aromatic heterocycles. The molecular weight excluding hydrogens is 248 g/mol. The molecule has 6 heteroatoms. The van der Waals surface area contributed by atoms with E-state index in [2.05, 4.69) is 5.32 Å².